The molecule has 0 saturated carbocycles. The van der Waals surface area contributed by atoms with Crippen LogP contribution in [-0.4, -0.2) is 72.5 Å². The standard InChI is InChI=1S/C29H28ClN7O5/c1-16(15-38)10-36-14-20(33-34-36)28(40)31-18-6-7-25-32-21(13-35(25)12-18)29(41)37-11-17(9-30)26-22(37)8-23(39)19-4-3-5-24(42-2)27(19)26/h3-8,12-14,16-17,38-39H,9-11,15H2,1-2H3,(H,31,40). The maximum absolute atomic E-state index is 13.8. The summed E-state index contributed by atoms with van der Waals surface area (Å²) in [4.78, 5) is 32.6. The van der Waals surface area contributed by atoms with Crippen molar-refractivity contribution in [1.29, 1.82) is 0 Å². The molecule has 1 aliphatic heterocycles. The van der Waals surface area contributed by atoms with Crippen LogP contribution in [0.3, 0.4) is 0 Å². The Morgan fingerprint density at radius 1 is 1.19 bits per heavy atom. The van der Waals surface area contributed by atoms with Gasteiger partial charge in [0.25, 0.3) is 11.8 Å². The molecule has 13 heteroatoms. The van der Waals surface area contributed by atoms with E-state index in [0.717, 1.165) is 10.9 Å². The van der Waals surface area contributed by atoms with Crippen LogP contribution in [0.2, 0.25) is 0 Å². The van der Waals surface area contributed by atoms with Gasteiger partial charge in [-0.3, -0.25) is 14.3 Å². The number of ether oxygens (including phenoxy) is 1. The van der Waals surface area contributed by atoms with Crippen molar-refractivity contribution >= 4 is 51.2 Å². The molecule has 0 saturated heterocycles. The van der Waals surface area contributed by atoms with Crippen LogP contribution in [0.25, 0.3) is 16.4 Å². The second-order valence-corrected chi connectivity index (χ2v) is 10.7. The summed E-state index contributed by atoms with van der Waals surface area (Å²) in [5.41, 5.74) is 2.72. The largest absolute Gasteiger partial charge is 0.507 e. The number of fused-ring (bicyclic) bond motifs is 4. The number of hydrogen-bond donors (Lipinski definition) is 3. The molecule has 1 aliphatic rings. The van der Waals surface area contributed by atoms with E-state index in [-0.39, 0.29) is 47.4 Å². The van der Waals surface area contributed by atoms with Gasteiger partial charge in [0.1, 0.15) is 22.8 Å². The first-order chi connectivity index (χ1) is 20.3. The zero-order chi connectivity index (χ0) is 29.5. The molecule has 216 valence electrons. The lowest BCUT2D eigenvalue weighted by molar-refractivity contribution is 0.0982. The van der Waals surface area contributed by atoms with Crippen molar-refractivity contribution in [2.24, 2.45) is 5.92 Å². The smallest absolute Gasteiger partial charge is 0.278 e. The number of nitrogens with zero attached hydrogens (tertiary/aromatic N) is 6. The number of rotatable bonds is 8. The first-order valence-corrected chi connectivity index (χ1v) is 13.9. The van der Waals surface area contributed by atoms with E-state index in [1.807, 2.05) is 19.1 Å². The molecule has 5 aromatic rings. The number of anilines is 2. The fourth-order valence-electron chi connectivity index (χ4n) is 5.34. The second kappa shape index (κ2) is 11.0. The number of aliphatic hydroxyl groups is 1. The van der Waals surface area contributed by atoms with Crippen LogP contribution in [-0.2, 0) is 6.54 Å². The van der Waals surface area contributed by atoms with Gasteiger partial charge in [-0.25, -0.2) is 4.98 Å². The zero-order valence-corrected chi connectivity index (χ0v) is 23.6. The first-order valence-electron chi connectivity index (χ1n) is 13.3. The molecule has 12 nitrogen and oxygen atoms in total. The predicted octanol–water partition coefficient (Wildman–Crippen LogP) is 3.66. The van der Waals surface area contributed by atoms with E-state index < -0.39 is 5.91 Å². The van der Waals surface area contributed by atoms with Gasteiger partial charge in [-0.1, -0.05) is 24.3 Å². The van der Waals surface area contributed by atoms with Crippen LogP contribution < -0.4 is 15.0 Å². The lowest BCUT2D eigenvalue weighted by atomic mass is 9.94. The molecular weight excluding hydrogens is 562 g/mol. The topological polar surface area (TPSA) is 147 Å². The molecule has 2 atom stereocenters. The summed E-state index contributed by atoms with van der Waals surface area (Å²) in [7, 11) is 1.56. The Balaban J connectivity index is 1.27. The van der Waals surface area contributed by atoms with Crippen molar-refractivity contribution in [2.45, 2.75) is 19.4 Å². The van der Waals surface area contributed by atoms with Gasteiger partial charge in [0.2, 0.25) is 0 Å². The zero-order valence-electron chi connectivity index (χ0n) is 22.9. The summed E-state index contributed by atoms with van der Waals surface area (Å²) in [5, 5.41) is 32.1. The first kappa shape index (κ1) is 27.5. The van der Waals surface area contributed by atoms with E-state index in [9.17, 15) is 19.8 Å². The molecule has 0 aliphatic carbocycles. The van der Waals surface area contributed by atoms with Crippen LogP contribution in [0.5, 0.6) is 11.5 Å². The molecule has 6 rings (SSSR count). The molecule has 0 bridgehead atoms. The third-order valence-electron chi connectivity index (χ3n) is 7.38. The molecule has 2 amide bonds. The van der Waals surface area contributed by atoms with Crippen LogP contribution >= 0.6 is 11.6 Å². The van der Waals surface area contributed by atoms with Crippen molar-refractivity contribution in [3.8, 4) is 11.5 Å². The second-order valence-electron chi connectivity index (χ2n) is 10.4. The minimum Gasteiger partial charge on any atom is -0.507 e. The maximum atomic E-state index is 13.8. The number of aromatic hydroxyl groups is 1. The van der Waals surface area contributed by atoms with Crippen molar-refractivity contribution in [3.05, 3.63) is 71.9 Å². The van der Waals surface area contributed by atoms with Crippen molar-refractivity contribution in [2.75, 3.05) is 36.4 Å². The number of imidazole rings is 1. The third-order valence-corrected chi connectivity index (χ3v) is 7.76. The van der Waals surface area contributed by atoms with Gasteiger partial charge in [-0.2, -0.15) is 0 Å². The van der Waals surface area contributed by atoms with Gasteiger partial charge in [0, 0.05) is 60.7 Å². The lowest BCUT2D eigenvalue weighted by Crippen LogP contribution is -2.30. The van der Waals surface area contributed by atoms with E-state index in [2.05, 4.69) is 20.6 Å². The number of pyridine rings is 1. The van der Waals surface area contributed by atoms with E-state index in [1.54, 1.807) is 53.1 Å². The number of hydrogen-bond acceptors (Lipinski definition) is 8. The summed E-state index contributed by atoms with van der Waals surface area (Å²) in [6.07, 6.45) is 4.76. The highest BCUT2D eigenvalue weighted by molar-refractivity contribution is 6.19. The van der Waals surface area contributed by atoms with E-state index >= 15 is 0 Å². The molecule has 2 unspecified atom stereocenters. The minimum atomic E-state index is -0.447. The minimum absolute atomic E-state index is 0.00247. The van der Waals surface area contributed by atoms with Crippen molar-refractivity contribution < 1.29 is 24.5 Å². The Bertz CT molecular complexity index is 1830. The number of methoxy groups -OCH3 is 1. The predicted molar refractivity (Wildman–Crippen MR) is 157 cm³/mol. The highest BCUT2D eigenvalue weighted by Gasteiger charge is 2.36. The Morgan fingerprint density at radius 2 is 2.02 bits per heavy atom. The fourth-order valence-corrected chi connectivity index (χ4v) is 5.59. The van der Waals surface area contributed by atoms with Gasteiger partial charge < -0.3 is 29.6 Å². The number of nitrogens with one attached hydrogen (secondary N) is 1. The van der Waals surface area contributed by atoms with Gasteiger partial charge in [-0.15, -0.1) is 16.7 Å². The van der Waals surface area contributed by atoms with Crippen LogP contribution in [0.15, 0.2) is 55.0 Å². The number of amides is 2. The van der Waals surface area contributed by atoms with E-state index in [4.69, 9.17) is 16.3 Å². The number of carbonyl (C=O) groups is 2. The summed E-state index contributed by atoms with van der Waals surface area (Å²) in [5.74, 6) is -0.0865. The molecule has 3 N–H and O–H groups in total. The number of aromatic nitrogens is 5. The number of phenols is 1. The highest BCUT2D eigenvalue weighted by atomic mass is 35.5. The van der Waals surface area contributed by atoms with Gasteiger partial charge >= 0.3 is 0 Å². The van der Waals surface area contributed by atoms with Crippen LogP contribution in [0, 0.1) is 5.92 Å². The van der Waals surface area contributed by atoms with Gasteiger partial charge in [0.15, 0.2) is 5.69 Å². The lowest BCUT2D eigenvalue weighted by Gasteiger charge is -2.17. The SMILES string of the molecule is COc1cccc2c(O)cc3c(c12)C(CCl)CN3C(=O)c1cn2cc(NC(=O)c3cn(CC(C)CO)nn3)ccc2n1. The van der Waals surface area contributed by atoms with Crippen LogP contribution in [0.1, 0.15) is 39.4 Å². The Kier molecular flexibility index (Phi) is 7.17. The number of benzene rings is 2. The average Bonchev–Trinajstić information content (AvgIpc) is 3.73. The normalized spacial score (nSPS) is 15.2. The number of alkyl halides is 1. The molecule has 0 spiro atoms. The van der Waals surface area contributed by atoms with Crippen molar-refractivity contribution in [3.63, 3.8) is 0 Å². The Labute approximate surface area is 245 Å². The molecule has 42 heavy (non-hydrogen) atoms. The molecule has 3 aromatic heterocycles. The van der Waals surface area contributed by atoms with E-state index in [0.29, 0.717) is 41.2 Å². The summed E-state index contributed by atoms with van der Waals surface area (Å²) < 4.78 is 8.75. The highest BCUT2D eigenvalue weighted by Crippen LogP contribution is 2.48. The summed E-state index contributed by atoms with van der Waals surface area (Å²) in [6.45, 7) is 2.62. The number of phenolic OH excluding ortho intramolecular Hbond substituents is 1. The Morgan fingerprint density at radius 3 is 2.79 bits per heavy atom. The van der Waals surface area contributed by atoms with Gasteiger partial charge in [-0.05, 0) is 29.7 Å². The molecular formula is C29H28ClN7O5. The number of halogens is 1. The number of carbonyl (C=O) groups excluding carboxylic acids is 2. The van der Waals surface area contributed by atoms with Crippen molar-refractivity contribution in [1.82, 2.24) is 24.4 Å². The van der Waals surface area contributed by atoms with Gasteiger partial charge in [0.05, 0.1) is 24.7 Å². The Hall–Kier alpha value is -4.68. The molecule has 0 fully saturated rings. The van der Waals surface area contributed by atoms with Crippen LogP contribution in [0.4, 0.5) is 11.4 Å². The quantitative estimate of drug-likeness (QED) is 0.232. The fraction of sp³-hybridized carbons (Fsp3) is 0.276. The monoisotopic (exact) mass is 589 g/mol. The maximum Gasteiger partial charge on any atom is 0.278 e. The summed E-state index contributed by atoms with van der Waals surface area (Å²) >= 11 is 6.37. The third kappa shape index (κ3) is 4.78. The molecule has 2 aromatic carbocycles. The molecule has 0 radical (unpaired) electrons. The number of aliphatic hydroxyl groups excluding tert-OH is 1. The van der Waals surface area contributed by atoms with E-state index in [1.165, 1.54) is 10.9 Å². The average molecular weight is 590 g/mol. The summed E-state index contributed by atoms with van der Waals surface area (Å²) in [6, 6.07) is 10.4. The molecule has 4 heterocycles.